The molecule has 0 radical (unpaired) electrons. The molecule has 0 saturated heterocycles. The van der Waals surface area contributed by atoms with Gasteiger partial charge in [0, 0.05) is 7.11 Å². The molecule has 0 spiro atoms. The SMILES string of the molecule is CCCCC(COC)NC(=O)CC1(O)CCCCC1. The Morgan fingerprint density at radius 1 is 1.37 bits per heavy atom. The predicted octanol–water partition coefficient (Wildman–Crippen LogP) is 2.39. The molecule has 1 fully saturated rings. The average molecular weight is 271 g/mol. The van der Waals surface area contributed by atoms with Crippen LogP contribution in [0.15, 0.2) is 0 Å². The van der Waals surface area contributed by atoms with Crippen molar-refractivity contribution in [1.29, 1.82) is 0 Å². The molecule has 112 valence electrons. The number of hydrogen-bond donors (Lipinski definition) is 2. The predicted molar refractivity (Wildman–Crippen MR) is 76.0 cm³/mol. The maximum Gasteiger partial charge on any atom is 0.223 e. The van der Waals surface area contributed by atoms with Gasteiger partial charge in [0.25, 0.3) is 0 Å². The third kappa shape index (κ3) is 6.39. The van der Waals surface area contributed by atoms with Gasteiger partial charge in [0.2, 0.25) is 5.91 Å². The Bertz CT molecular complexity index is 262. The highest BCUT2D eigenvalue weighted by atomic mass is 16.5. The summed E-state index contributed by atoms with van der Waals surface area (Å²) in [7, 11) is 1.65. The van der Waals surface area contributed by atoms with E-state index in [9.17, 15) is 9.90 Å². The lowest BCUT2D eigenvalue weighted by Gasteiger charge is -2.32. The van der Waals surface area contributed by atoms with Gasteiger partial charge in [-0.05, 0) is 19.3 Å². The van der Waals surface area contributed by atoms with Gasteiger partial charge in [-0.25, -0.2) is 0 Å². The molecule has 2 N–H and O–H groups in total. The molecule has 1 unspecified atom stereocenters. The van der Waals surface area contributed by atoms with E-state index in [-0.39, 0.29) is 18.4 Å². The van der Waals surface area contributed by atoms with Crippen LogP contribution in [0.3, 0.4) is 0 Å². The molecule has 1 rings (SSSR count). The van der Waals surface area contributed by atoms with Gasteiger partial charge in [0.05, 0.1) is 24.7 Å². The first-order chi connectivity index (χ1) is 9.09. The maximum atomic E-state index is 12.0. The average Bonchev–Trinajstić information content (AvgIpc) is 2.36. The summed E-state index contributed by atoms with van der Waals surface area (Å²) in [5.74, 6) is -0.0393. The van der Waals surface area contributed by atoms with Crippen LogP contribution in [0.2, 0.25) is 0 Å². The highest BCUT2D eigenvalue weighted by Crippen LogP contribution is 2.30. The summed E-state index contributed by atoms with van der Waals surface area (Å²) < 4.78 is 5.14. The zero-order valence-corrected chi connectivity index (χ0v) is 12.4. The summed E-state index contributed by atoms with van der Waals surface area (Å²) in [6, 6.07) is 0.0737. The fourth-order valence-electron chi connectivity index (χ4n) is 2.81. The molecule has 0 heterocycles. The number of carbonyl (C=O) groups excluding carboxylic acids is 1. The van der Waals surface area contributed by atoms with Crippen molar-refractivity contribution in [2.24, 2.45) is 0 Å². The van der Waals surface area contributed by atoms with Crippen LogP contribution in [0.5, 0.6) is 0 Å². The van der Waals surface area contributed by atoms with Gasteiger partial charge >= 0.3 is 0 Å². The molecule has 1 aliphatic rings. The molecule has 1 atom stereocenters. The Kier molecular flexibility index (Phi) is 7.39. The lowest BCUT2D eigenvalue weighted by molar-refractivity contribution is -0.128. The second-order valence-corrected chi connectivity index (χ2v) is 5.82. The van der Waals surface area contributed by atoms with Crippen molar-refractivity contribution in [3.05, 3.63) is 0 Å². The minimum Gasteiger partial charge on any atom is -0.389 e. The number of nitrogens with one attached hydrogen (secondary N) is 1. The van der Waals surface area contributed by atoms with E-state index < -0.39 is 5.60 Å². The van der Waals surface area contributed by atoms with Gasteiger partial charge in [0.1, 0.15) is 0 Å². The number of unbranched alkanes of at least 4 members (excludes halogenated alkanes) is 1. The van der Waals surface area contributed by atoms with Gasteiger partial charge in [-0.15, -0.1) is 0 Å². The first-order valence-electron chi connectivity index (χ1n) is 7.60. The molecular formula is C15H29NO3. The van der Waals surface area contributed by atoms with Gasteiger partial charge in [0.15, 0.2) is 0 Å². The van der Waals surface area contributed by atoms with E-state index in [2.05, 4.69) is 12.2 Å². The zero-order valence-electron chi connectivity index (χ0n) is 12.4. The van der Waals surface area contributed by atoms with Gasteiger partial charge in [-0.2, -0.15) is 0 Å². The Labute approximate surface area is 116 Å². The number of methoxy groups -OCH3 is 1. The lowest BCUT2D eigenvalue weighted by Crippen LogP contribution is -2.43. The highest BCUT2D eigenvalue weighted by Gasteiger charge is 2.32. The number of hydrogen-bond acceptors (Lipinski definition) is 3. The van der Waals surface area contributed by atoms with E-state index in [0.29, 0.717) is 6.61 Å². The van der Waals surface area contributed by atoms with E-state index in [1.807, 2.05) is 0 Å². The first kappa shape index (κ1) is 16.4. The van der Waals surface area contributed by atoms with Crippen LogP contribution < -0.4 is 5.32 Å². The highest BCUT2D eigenvalue weighted by molar-refractivity contribution is 5.77. The van der Waals surface area contributed by atoms with Crippen LogP contribution >= 0.6 is 0 Å². The summed E-state index contributed by atoms with van der Waals surface area (Å²) in [6.07, 6.45) is 8.11. The van der Waals surface area contributed by atoms with Crippen molar-refractivity contribution in [2.75, 3.05) is 13.7 Å². The number of ether oxygens (including phenoxy) is 1. The number of carbonyl (C=O) groups is 1. The van der Waals surface area contributed by atoms with Crippen molar-refractivity contribution < 1.29 is 14.6 Å². The molecule has 1 amide bonds. The van der Waals surface area contributed by atoms with Crippen molar-refractivity contribution in [1.82, 2.24) is 5.32 Å². The second kappa shape index (κ2) is 8.54. The Morgan fingerprint density at radius 3 is 2.63 bits per heavy atom. The molecule has 0 aromatic heterocycles. The van der Waals surface area contributed by atoms with Crippen molar-refractivity contribution in [3.8, 4) is 0 Å². The largest absolute Gasteiger partial charge is 0.389 e. The molecule has 1 aliphatic carbocycles. The van der Waals surface area contributed by atoms with Crippen LogP contribution in [0, 0.1) is 0 Å². The third-order valence-electron chi connectivity index (χ3n) is 3.91. The van der Waals surface area contributed by atoms with E-state index in [4.69, 9.17) is 4.74 Å². The van der Waals surface area contributed by atoms with E-state index >= 15 is 0 Å². The summed E-state index contributed by atoms with van der Waals surface area (Å²) in [5.41, 5.74) is -0.773. The third-order valence-corrected chi connectivity index (χ3v) is 3.91. The van der Waals surface area contributed by atoms with E-state index in [1.165, 1.54) is 6.42 Å². The van der Waals surface area contributed by atoms with E-state index in [1.54, 1.807) is 7.11 Å². The van der Waals surface area contributed by atoms with Gasteiger partial charge < -0.3 is 15.2 Å². The summed E-state index contributed by atoms with van der Waals surface area (Å²) in [6.45, 7) is 2.68. The number of aliphatic hydroxyl groups is 1. The standard InChI is InChI=1S/C15H29NO3/c1-3-4-8-13(12-19-2)16-14(17)11-15(18)9-6-5-7-10-15/h13,18H,3-12H2,1-2H3,(H,16,17). The van der Waals surface area contributed by atoms with E-state index in [0.717, 1.165) is 44.9 Å². The summed E-state index contributed by atoms with van der Waals surface area (Å²) in [4.78, 5) is 12.0. The van der Waals surface area contributed by atoms with Gasteiger partial charge in [-0.1, -0.05) is 39.0 Å². The quantitative estimate of drug-likeness (QED) is 0.712. The molecule has 0 aromatic carbocycles. The Balaban J connectivity index is 2.38. The van der Waals surface area contributed by atoms with Crippen molar-refractivity contribution in [2.45, 2.75) is 76.4 Å². The topological polar surface area (TPSA) is 58.6 Å². The molecule has 19 heavy (non-hydrogen) atoms. The van der Waals surface area contributed by atoms with Crippen LogP contribution in [0.25, 0.3) is 0 Å². The fourth-order valence-corrected chi connectivity index (χ4v) is 2.81. The number of rotatable bonds is 8. The lowest BCUT2D eigenvalue weighted by atomic mass is 9.82. The Morgan fingerprint density at radius 2 is 2.05 bits per heavy atom. The van der Waals surface area contributed by atoms with Crippen molar-refractivity contribution >= 4 is 5.91 Å². The summed E-state index contributed by atoms with van der Waals surface area (Å²) in [5, 5.41) is 13.4. The second-order valence-electron chi connectivity index (χ2n) is 5.82. The molecule has 4 heteroatoms. The molecule has 0 aromatic rings. The molecule has 0 aliphatic heterocycles. The smallest absolute Gasteiger partial charge is 0.223 e. The van der Waals surface area contributed by atoms with Crippen LogP contribution in [0.4, 0.5) is 0 Å². The molecule has 4 nitrogen and oxygen atoms in total. The van der Waals surface area contributed by atoms with Crippen LogP contribution in [0.1, 0.15) is 64.7 Å². The number of amides is 1. The minimum atomic E-state index is -0.773. The maximum absolute atomic E-state index is 12.0. The normalized spacial score (nSPS) is 19.9. The van der Waals surface area contributed by atoms with Crippen molar-refractivity contribution in [3.63, 3.8) is 0 Å². The zero-order chi connectivity index (χ0) is 14.1. The molecule has 1 saturated carbocycles. The molecule has 0 bridgehead atoms. The minimum absolute atomic E-state index is 0.0393. The summed E-state index contributed by atoms with van der Waals surface area (Å²) >= 11 is 0. The fraction of sp³-hybridized carbons (Fsp3) is 0.933. The Hall–Kier alpha value is -0.610. The van der Waals surface area contributed by atoms with Gasteiger partial charge in [-0.3, -0.25) is 4.79 Å². The molecular weight excluding hydrogens is 242 g/mol. The monoisotopic (exact) mass is 271 g/mol. The van der Waals surface area contributed by atoms with Crippen LogP contribution in [-0.4, -0.2) is 36.4 Å². The first-order valence-corrected chi connectivity index (χ1v) is 7.60. The van der Waals surface area contributed by atoms with Crippen LogP contribution in [-0.2, 0) is 9.53 Å².